The normalized spacial score (nSPS) is 34.0. The summed E-state index contributed by atoms with van der Waals surface area (Å²) >= 11 is 0. The SMILES string of the molecule is C[C@H]1C[CH-]O[C@@H]1CO.[U]. The van der Waals surface area contributed by atoms with Crippen LogP contribution in [0.4, 0.5) is 0 Å². The van der Waals surface area contributed by atoms with E-state index in [1.54, 1.807) is 6.61 Å². The molecule has 0 aromatic rings. The van der Waals surface area contributed by atoms with Gasteiger partial charge in [-0.25, -0.2) is 6.61 Å². The van der Waals surface area contributed by atoms with E-state index in [-0.39, 0.29) is 43.8 Å². The van der Waals surface area contributed by atoms with Crippen LogP contribution in [0.25, 0.3) is 0 Å². The molecule has 0 spiro atoms. The Morgan fingerprint density at radius 3 is 2.67 bits per heavy atom. The maximum atomic E-state index is 8.59. The van der Waals surface area contributed by atoms with Crippen molar-refractivity contribution < 1.29 is 41.0 Å². The first-order chi connectivity index (χ1) is 3.84. The van der Waals surface area contributed by atoms with Crippen LogP contribution in [0, 0.1) is 43.6 Å². The summed E-state index contributed by atoms with van der Waals surface area (Å²) in [6.45, 7) is 3.99. The van der Waals surface area contributed by atoms with Crippen molar-refractivity contribution in [2.24, 2.45) is 5.92 Å². The zero-order chi connectivity index (χ0) is 5.98. The number of hydrogen-bond donors (Lipinski definition) is 1. The van der Waals surface area contributed by atoms with Crippen molar-refractivity contribution in [3.05, 3.63) is 6.61 Å². The van der Waals surface area contributed by atoms with Crippen LogP contribution in [-0.4, -0.2) is 17.8 Å². The number of aliphatic hydroxyl groups is 1. The van der Waals surface area contributed by atoms with Crippen LogP contribution in [0.3, 0.4) is 0 Å². The van der Waals surface area contributed by atoms with Crippen LogP contribution < -0.4 is 0 Å². The predicted molar refractivity (Wildman–Crippen MR) is 30.0 cm³/mol. The van der Waals surface area contributed by atoms with Gasteiger partial charge in [-0.2, -0.15) is 6.42 Å². The molecule has 0 bridgehead atoms. The maximum absolute atomic E-state index is 8.59. The Morgan fingerprint density at radius 2 is 2.44 bits per heavy atom. The molecule has 1 rings (SSSR count). The molecule has 0 saturated carbocycles. The number of ether oxygens (including phenoxy) is 1. The Morgan fingerprint density at radius 1 is 1.78 bits per heavy atom. The second-order valence-electron chi connectivity index (χ2n) is 2.24. The Kier molecular flexibility index (Phi) is 5.25. The molecule has 0 aromatic carbocycles. The van der Waals surface area contributed by atoms with E-state index >= 15 is 0 Å². The third-order valence-electron chi connectivity index (χ3n) is 1.55. The molecule has 0 amide bonds. The molecule has 0 radical (unpaired) electrons. The van der Waals surface area contributed by atoms with E-state index in [2.05, 4.69) is 6.92 Å². The minimum absolute atomic E-state index is 0. The van der Waals surface area contributed by atoms with Gasteiger partial charge in [0.05, 0.1) is 6.61 Å². The van der Waals surface area contributed by atoms with Crippen molar-refractivity contribution in [2.75, 3.05) is 6.61 Å². The van der Waals surface area contributed by atoms with E-state index in [4.69, 9.17) is 9.84 Å². The van der Waals surface area contributed by atoms with Crippen LogP contribution in [0.5, 0.6) is 0 Å². The number of rotatable bonds is 1. The summed E-state index contributed by atoms with van der Waals surface area (Å²) in [4.78, 5) is 0. The average Bonchev–Trinajstić information content (AvgIpc) is 2.14. The molecule has 52 valence electrons. The molecule has 0 aliphatic carbocycles. The predicted octanol–water partition coefficient (Wildman–Crippen LogP) is 0.565. The molecule has 1 saturated heterocycles. The Balaban J connectivity index is 0.000000640. The smallest absolute Gasteiger partial charge is 0.0666 e. The van der Waals surface area contributed by atoms with Crippen LogP contribution in [0.1, 0.15) is 13.3 Å². The van der Waals surface area contributed by atoms with E-state index in [9.17, 15) is 0 Å². The first-order valence-corrected chi connectivity index (χ1v) is 2.92. The van der Waals surface area contributed by atoms with Crippen molar-refractivity contribution in [3.8, 4) is 0 Å². The van der Waals surface area contributed by atoms with Gasteiger partial charge < -0.3 is 9.84 Å². The molecular weight excluding hydrogens is 342 g/mol. The maximum Gasteiger partial charge on any atom is 0.0666 e. The molecule has 0 unspecified atom stereocenters. The summed E-state index contributed by atoms with van der Waals surface area (Å²) in [7, 11) is 0. The van der Waals surface area contributed by atoms with Crippen molar-refractivity contribution in [1.82, 2.24) is 0 Å². The third kappa shape index (κ3) is 2.59. The molecule has 0 aromatic heterocycles. The van der Waals surface area contributed by atoms with Gasteiger partial charge >= 0.3 is 0 Å². The third-order valence-corrected chi connectivity index (χ3v) is 1.55. The van der Waals surface area contributed by atoms with Crippen molar-refractivity contribution in [3.63, 3.8) is 0 Å². The Hall–Kier alpha value is 0.972. The second-order valence-corrected chi connectivity index (χ2v) is 2.24. The van der Waals surface area contributed by atoms with Gasteiger partial charge in [0, 0.05) is 37.2 Å². The molecule has 1 N–H and O–H groups in total. The molecule has 2 atom stereocenters. The Labute approximate surface area is 79.3 Å². The first-order valence-electron chi connectivity index (χ1n) is 2.92. The summed E-state index contributed by atoms with van der Waals surface area (Å²) in [5, 5.41) is 8.59. The zero-order valence-corrected chi connectivity index (χ0v) is 9.67. The largest absolute Gasteiger partial charge is 0.548 e. The summed E-state index contributed by atoms with van der Waals surface area (Å²) in [5.74, 6) is 0.500. The monoisotopic (exact) mass is 353 g/mol. The summed E-state index contributed by atoms with van der Waals surface area (Å²) in [5.41, 5.74) is 0. The quantitative estimate of drug-likeness (QED) is 0.699. The van der Waals surface area contributed by atoms with E-state index in [1.807, 2.05) is 0 Å². The average molecular weight is 353 g/mol. The topological polar surface area (TPSA) is 29.5 Å². The fourth-order valence-corrected chi connectivity index (χ4v) is 0.840. The summed E-state index contributed by atoms with van der Waals surface area (Å²) in [6.07, 6.45) is 1.04. The van der Waals surface area contributed by atoms with Crippen LogP contribution >= 0.6 is 0 Å². The van der Waals surface area contributed by atoms with Gasteiger partial charge in [-0.1, -0.05) is 6.92 Å². The minimum Gasteiger partial charge on any atom is -0.548 e. The van der Waals surface area contributed by atoms with Gasteiger partial charge in [0.1, 0.15) is 0 Å². The van der Waals surface area contributed by atoms with E-state index in [0.717, 1.165) is 6.42 Å². The zero-order valence-electron chi connectivity index (χ0n) is 5.50. The van der Waals surface area contributed by atoms with Crippen LogP contribution in [-0.2, 0) is 4.74 Å². The number of aliphatic hydroxyl groups excluding tert-OH is 1. The standard InChI is InChI=1S/C6H11O2.U/c1-5-2-3-8-6(5)4-7;/h3,5-7H,2,4H2,1H3;/q-1;/t5-,6+;/m0./s1. The van der Waals surface area contributed by atoms with Gasteiger partial charge in [-0.3, -0.25) is 0 Å². The molecule has 1 fully saturated rings. The second kappa shape index (κ2) is 4.74. The molecule has 1 aliphatic heterocycles. The minimum atomic E-state index is 0. The van der Waals surface area contributed by atoms with Gasteiger partial charge in [-0.15, -0.1) is 0 Å². The first kappa shape index (κ1) is 9.97. The van der Waals surface area contributed by atoms with Gasteiger partial charge in [-0.05, 0) is 5.92 Å². The van der Waals surface area contributed by atoms with Crippen molar-refractivity contribution in [2.45, 2.75) is 19.4 Å². The van der Waals surface area contributed by atoms with Crippen molar-refractivity contribution in [1.29, 1.82) is 0 Å². The van der Waals surface area contributed by atoms with E-state index < -0.39 is 0 Å². The molecule has 2 nitrogen and oxygen atoms in total. The van der Waals surface area contributed by atoms with E-state index in [1.165, 1.54) is 0 Å². The number of hydrogen-bond acceptors (Lipinski definition) is 2. The van der Waals surface area contributed by atoms with E-state index in [0.29, 0.717) is 5.92 Å². The fourth-order valence-electron chi connectivity index (χ4n) is 0.840. The molecule has 9 heavy (non-hydrogen) atoms. The summed E-state index contributed by atoms with van der Waals surface area (Å²) < 4.78 is 5.04. The van der Waals surface area contributed by atoms with Crippen LogP contribution in [0.15, 0.2) is 0 Å². The van der Waals surface area contributed by atoms with Gasteiger partial charge in [0.2, 0.25) is 0 Å². The van der Waals surface area contributed by atoms with Crippen molar-refractivity contribution >= 4 is 0 Å². The molecule has 3 heteroatoms. The Bertz CT molecular complexity index is 77.5. The fraction of sp³-hybridized carbons (Fsp3) is 0.833. The molecule has 1 heterocycles. The van der Waals surface area contributed by atoms with Gasteiger partial charge in [0.25, 0.3) is 0 Å². The van der Waals surface area contributed by atoms with Gasteiger partial charge in [0.15, 0.2) is 0 Å². The summed E-state index contributed by atoms with van der Waals surface area (Å²) in [6, 6.07) is 0. The van der Waals surface area contributed by atoms with Crippen LogP contribution in [0.2, 0.25) is 0 Å². The molecular formula is C6H11O2U-. The molecule has 1 aliphatic rings.